The summed E-state index contributed by atoms with van der Waals surface area (Å²) in [5, 5.41) is 17.0. The van der Waals surface area contributed by atoms with Crippen molar-refractivity contribution in [3.63, 3.8) is 0 Å². The van der Waals surface area contributed by atoms with E-state index in [1.54, 1.807) is 14.0 Å². The second-order valence-corrected chi connectivity index (χ2v) is 15.6. The molecule has 0 saturated carbocycles. The van der Waals surface area contributed by atoms with Gasteiger partial charge in [-0.3, -0.25) is 29.0 Å². The number of benzene rings is 3. The first-order valence-corrected chi connectivity index (χ1v) is 19.9. The van der Waals surface area contributed by atoms with Crippen molar-refractivity contribution in [2.24, 2.45) is 0 Å². The maximum Gasteiger partial charge on any atom is 0.311 e. The van der Waals surface area contributed by atoms with E-state index in [2.05, 4.69) is 32.6 Å². The molecule has 4 aliphatic heterocycles. The highest BCUT2D eigenvalue weighted by Gasteiger charge is 2.57. The summed E-state index contributed by atoms with van der Waals surface area (Å²) in [6, 6.07) is 11.0. The summed E-state index contributed by atoms with van der Waals surface area (Å²) < 4.78 is 30.2. The van der Waals surface area contributed by atoms with Crippen molar-refractivity contribution >= 4 is 23.8 Å². The number of nitrogens with zero attached hydrogens (tertiary/aromatic N) is 3. The summed E-state index contributed by atoms with van der Waals surface area (Å²) in [5.41, 5.74) is 5.53. The molecule has 0 aromatic heterocycles. The molecule has 3 aromatic carbocycles. The number of aryl methyl sites for hydroxylation is 2. The molecule has 6 atom stereocenters. The Balaban J connectivity index is 1.31. The van der Waals surface area contributed by atoms with E-state index < -0.39 is 42.1 Å². The fourth-order valence-corrected chi connectivity index (χ4v) is 9.39. The van der Waals surface area contributed by atoms with Crippen LogP contribution in [0.25, 0.3) is 0 Å². The zero-order valence-electron chi connectivity index (χ0n) is 34.1. The molecule has 0 radical (unpaired) electrons. The normalized spacial score (nSPS) is 22.0. The molecule has 1 fully saturated rings. The quantitative estimate of drug-likeness (QED) is 0.192. The van der Waals surface area contributed by atoms with Crippen LogP contribution in [0.2, 0.25) is 0 Å². The molecule has 4 aliphatic rings. The molecule has 3 aromatic rings. The van der Waals surface area contributed by atoms with Gasteiger partial charge in [0.1, 0.15) is 17.8 Å². The maximum atomic E-state index is 13.8. The van der Waals surface area contributed by atoms with E-state index in [0.29, 0.717) is 71.1 Å². The SMILES string of the molecule is CCCC(=O)Oc1c(OC)c(C)cc2c1[C@@H]1C3Cc4c(OC(C)=O)c(C)c5c(c4[C@H](CNC(=O)C(C)NC(=O)CCc4ccccc4)N3[C@@H](C#N)[C@H](C2)N1C)OCO5. The van der Waals surface area contributed by atoms with E-state index in [1.807, 2.05) is 58.2 Å². The molecule has 14 heteroatoms. The van der Waals surface area contributed by atoms with Gasteiger partial charge in [-0.15, -0.1) is 0 Å². The number of hydrogen-bond donors (Lipinski definition) is 2. The van der Waals surface area contributed by atoms with Crippen LogP contribution >= 0.6 is 0 Å². The number of carbonyl (C=O) groups is 4. The number of nitrogens with one attached hydrogen (secondary N) is 2. The summed E-state index contributed by atoms with van der Waals surface area (Å²) in [5.74, 6) is 0.506. The predicted octanol–water partition coefficient (Wildman–Crippen LogP) is 4.70. The van der Waals surface area contributed by atoms with Gasteiger partial charge in [0.2, 0.25) is 18.6 Å². The highest BCUT2D eigenvalue weighted by atomic mass is 16.7. The highest BCUT2D eigenvalue weighted by molar-refractivity contribution is 5.87. The molecular weight excluding hydrogens is 743 g/mol. The van der Waals surface area contributed by atoms with Crippen LogP contribution in [-0.4, -0.2) is 85.2 Å². The Hall–Kier alpha value is -5.65. The molecule has 0 spiro atoms. The Morgan fingerprint density at radius 3 is 2.41 bits per heavy atom. The number of piperazine rings is 1. The van der Waals surface area contributed by atoms with Crippen molar-refractivity contribution in [2.45, 2.75) is 109 Å². The third-order valence-electron chi connectivity index (χ3n) is 11.9. The molecule has 7 rings (SSSR count). The summed E-state index contributed by atoms with van der Waals surface area (Å²) >= 11 is 0. The molecular formula is C44H51N5O9. The van der Waals surface area contributed by atoms with E-state index in [1.165, 1.54) is 6.92 Å². The summed E-state index contributed by atoms with van der Waals surface area (Å²) in [6.07, 6.45) is 2.38. The molecule has 306 valence electrons. The molecule has 14 nitrogen and oxygen atoms in total. The second kappa shape index (κ2) is 16.7. The molecule has 1 saturated heterocycles. The lowest BCUT2D eigenvalue weighted by atomic mass is 9.71. The molecule has 4 heterocycles. The molecule has 2 unspecified atom stereocenters. The minimum atomic E-state index is -0.858. The lowest BCUT2D eigenvalue weighted by molar-refractivity contribution is -0.135. The number of fused-ring (bicyclic) bond motifs is 9. The second-order valence-electron chi connectivity index (χ2n) is 15.6. The van der Waals surface area contributed by atoms with Crippen LogP contribution in [0.5, 0.6) is 28.7 Å². The topological polar surface area (TPSA) is 169 Å². The number of rotatable bonds is 12. The monoisotopic (exact) mass is 793 g/mol. The van der Waals surface area contributed by atoms with Gasteiger partial charge in [0.15, 0.2) is 23.0 Å². The van der Waals surface area contributed by atoms with Gasteiger partial charge in [0, 0.05) is 60.6 Å². The first kappa shape index (κ1) is 40.5. The minimum absolute atomic E-state index is 0.0225. The zero-order valence-corrected chi connectivity index (χ0v) is 34.1. The van der Waals surface area contributed by atoms with Gasteiger partial charge in [-0.25, -0.2) is 0 Å². The third-order valence-corrected chi connectivity index (χ3v) is 11.9. The van der Waals surface area contributed by atoms with Crippen LogP contribution in [0.3, 0.4) is 0 Å². The van der Waals surface area contributed by atoms with E-state index in [4.69, 9.17) is 23.7 Å². The summed E-state index contributed by atoms with van der Waals surface area (Å²) in [7, 11) is 3.54. The van der Waals surface area contributed by atoms with Crippen LogP contribution in [0.1, 0.15) is 91.1 Å². The average molecular weight is 794 g/mol. The van der Waals surface area contributed by atoms with Gasteiger partial charge in [-0.2, -0.15) is 5.26 Å². The number of ether oxygens (including phenoxy) is 5. The number of hydrogen-bond acceptors (Lipinski definition) is 12. The number of nitriles is 1. The number of likely N-dealkylation sites (N-methyl/N-ethyl adjacent to an activating group) is 1. The number of methoxy groups -OCH3 is 1. The van der Waals surface area contributed by atoms with Gasteiger partial charge in [-0.05, 0) is 70.2 Å². The van der Waals surface area contributed by atoms with E-state index in [0.717, 1.165) is 22.3 Å². The van der Waals surface area contributed by atoms with Crippen LogP contribution in [-0.2, 0) is 38.4 Å². The van der Waals surface area contributed by atoms with Crippen LogP contribution in [0.15, 0.2) is 36.4 Å². The van der Waals surface area contributed by atoms with Crippen LogP contribution in [0, 0.1) is 25.2 Å². The van der Waals surface area contributed by atoms with Crippen molar-refractivity contribution < 1.29 is 42.9 Å². The Morgan fingerprint density at radius 1 is 0.983 bits per heavy atom. The van der Waals surface area contributed by atoms with Crippen molar-refractivity contribution in [1.29, 1.82) is 5.26 Å². The maximum absolute atomic E-state index is 13.8. The summed E-state index contributed by atoms with van der Waals surface area (Å²) in [6.45, 7) is 8.58. The van der Waals surface area contributed by atoms with Gasteiger partial charge in [0.05, 0.1) is 25.3 Å². The molecule has 2 bridgehead atoms. The average Bonchev–Trinajstić information content (AvgIpc) is 3.69. The van der Waals surface area contributed by atoms with Gasteiger partial charge in [-0.1, -0.05) is 43.3 Å². The first-order valence-electron chi connectivity index (χ1n) is 19.9. The summed E-state index contributed by atoms with van der Waals surface area (Å²) in [4.78, 5) is 57.0. The van der Waals surface area contributed by atoms with E-state index in [-0.39, 0.29) is 44.1 Å². The third kappa shape index (κ3) is 7.33. The Bertz CT molecular complexity index is 2170. The molecule has 0 aliphatic carbocycles. The van der Waals surface area contributed by atoms with Crippen molar-refractivity contribution in [1.82, 2.24) is 20.4 Å². The lowest BCUT2D eigenvalue weighted by Crippen LogP contribution is -2.69. The molecule has 2 N–H and O–H groups in total. The fourth-order valence-electron chi connectivity index (χ4n) is 9.39. The Labute approximate surface area is 338 Å². The smallest absolute Gasteiger partial charge is 0.311 e. The predicted molar refractivity (Wildman–Crippen MR) is 212 cm³/mol. The fraction of sp³-hybridized carbons (Fsp3) is 0.477. The van der Waals surface area contributed by atoms with E-state index in [9.17, 15) is 24.4 Å². The van der Waals surface area contributed by atoms with Crippen LogP contribution in [0.4, 0.5) is 0 Å². The Kier molecular flexibility index (Phi) is 11.7. The van der Waals surface area contributed by atoms with Crippen molar-refractivity contribution in [3.05, 3.63) is 75.3 Å². The van der Waals surface area contributed by atoms with Gasteiger partial charge < -0.3 is 34.3 Å². The van der Waals surface area contributed by atoms with E-state index >= 15 is 0 Å². The Morgan fingerprint density at radius 2 is 1.72 bits per heavy atom. The number of carbonyl (C=O) groups excluding carboxylic acids is 4. The highest BCUT2D eigenvalue weighted by Crippen LogP contribution is 2.58. The zero-order chi connectivity index (χ0) is 41.4. The molecule has 58 heavy (non-hydrogen) atoms. The van der Waals surface area contributed by atoms with Crippen molar-refractivity contribution in [3.8, 4) is 34.8 Å². The first-order chi connectivity index (χ1) is 27.9. The lowest BCUT2D eigenvalue weighted by Gasteiger charge is -2.60. The number of esters is 2. The largest absolute Gasteiger partial charge is 0.493 e. The van der Waals surface area contributed by atoms with Gasteiger partial charge >= 0.3 is 11.9 Å². The van der Waals surface area contributed by atoms with Crippen LogP contribution < -0.4 is 34.3 Å². The molecule has 2 amide bonds. The minimum Gasteiger partial charge on any atom is -0.493 e. The standard InChI is InChI=1S/C44H51N5O9/c1-8-12-35(52)58-43-36-28(17-23(2)39(43)54-7)18-30-32(20-45)49-31(38(36)48(30)6)19-29-37(42-41(55-22-56-42)24(3)40(29)57-26(5)50)33(49)21-46-44(53)25(4)47-34(51)16-15-27-13-10-9-11-14-27/h9-11,13-14,17,25,30-33,38H,8,12,15-16,18-19,21-22H2,1-7H3,(H,46,53)(H,47,51)/t25?,30-,31?,32-,33-,38-/m0/s1. The number of amides is 2. The van der Waals surface area contributed by atoms with Gasteiger partial charge in [0.25, 0.3) is 0 Å². The van der Waals surface area contributed by atoms with Crippen molar-refractivity contribution in [2.75, 3.05) is 27.5 Å².